The minimum Gasteiger partial charge on any atom is -0.497 e. The van der Waals surface area contributed by atoms with E-state index < -0.39 is 6.04 Å². The molecule has 0 bridgehead atoms. The van der Waals surface area contributed by atoms with E-state index in [1.165, 1.54) is 0 Å². The summed E-state index contributed by atoms with van der Waals surface area (Å²) < 4.78 is 10.7. The Morgan fingerprint density at radius 1 is 1.07 bits per heavy atom. The molecule has 28 heavy (non-hydrogen) atoms. The quantitative estimate of drug-likeness (QED) is 0.880. The second-order valence-corrected chi connectivity index (χ2v) is 6.69. The maximum absolute atomic E-state index is 13.0. The van der Waals surface area contributed by atoms with Crippen LogP contribution in [0, 0.1) is 6.92 Å². The number of hydrogen-bond acceptors (Lipinski definition) is 4. The Hall–Kier alpha value is -3.22. The number of methoxy groups -OCH3 is 2. The third-order valence-electron chi connectivity index (χ3n) is 4.90. The van der Waals surface area contributed by atoms with E-state index in [4.69, 9.17) is 9.47 Å². The summed E-state index contributed by atoms with van der Waals surface area (Å²) in [6, 6.07) is 12.0. The van der Waals surface area contributed by atoms with Crippen molar-refractivity contribution in [2.45, 2.75) is 19.9 Å². The van der Waals surface area contributed by atoms with Gasteiger partial charge >= 0.3 is 6.03 Å². The Bertz CT molecular complexity index is 866. The summed E-state index contributed by atoms with van der Waals surface area (Å²) in [5.74, 6) is 1.05. The van der Waals surface area contributed by atoms with Gasteiger partial charge in [0, 0.05) is 24.8 Å². The Balaban J connectivity index is 1.76. The molecule has 0 saturated carbocycles. The molecule has 0 radical (unpaired) electrons. The highest BCUT2D eigenvalue weighted by atomic mass is 16.5. The highest BCUT2D eigenvalue weighted by Gasteiger charge is 2.36. The van der Waals surface area contributed by atoms with Crippen LogP contribution in [-0.2, 0) is 4.79 Å². The fraction of sp³-hybridized carbons (Fsp3) is 0.333. The molecule has 2 aromatic carbocycles. The van der Waals surface area contributed by atoms with E-state index in [1.807, 2.05) is 31.2 Å². The van der Waals surface area contributed by atoms with Crippen LogP contribution < -0.4 is 19.7 Å². The predicted molar refractivity (Wildman–Crippen MR) is 108 cm³/mol. The Morgan fingerprint density at radius 3 is 2.43 bits per heavy atom. The van der Waals surface area contributed by atoms with Crippen molar-refractivity contribution >= 4 is 23.3 Å². The topological polar surface area (TPSA) is 71.1 Å². The molecule has 0 unspecified atom stereocenters. The van der Waals surface area contributed by atoms with Crippen LogP contribution in [0.25, 0.3) is 0 Å². The second kappa shape index (κ2) is 8.21. The summed E-state index contributed by atoms with van der Waals surface area (Å²) in [7, 11) is 3.13. The average molecular weight is 383 g/mol. The molecule has 1 N–H and O–H groups in total. The van der Waals surface area contributed by atoms with E-state index in [0.717, 1.165) is 5.56 Å². The molecule has 0 aliphatic carbocycles. The normalized spacial score (nSPS) is 16.7. The largest absolute Gasteiger partial charge is 0.497 e. The number of carbonyl (C=O) groups is 2. The number of hydrogen-bond donors (Lipinski definition) is 1. The predicted octanol–water partition coefficient (Wildman–Crippen LogP) is 3.28. The summed E-state index contributed by atoms with van der Waals surface area (Å²) in [5.41, 5.74) is 2.45. The van der Waals surface area contributed by atoms with E-state index in [-0.39, 0.29) is 11.9 Å². The fourth-order valence-electron chi connectivity index (χ4n) is 3.23. The fourth-order valence-corrected chi connectivity index (χ4v) is 3.23. The molecule has 1 aliphatic rings. The van der Waals surface area contributed by atoms with Gasteiger partial charge in [0.05, 0.1) is 19.9 Å². The van der Waals surface area contributed by atoms with Gasteiger partial charge in [-0.25, -0.2) is 4.79 Å². The number of nitrogens with zero attached hydrogens (tertiary/aromatic N) is 2. The number of urea groups is 1. The summed E-state index contributed by atoms with van der Waals surface area (Å²) >= 11 is 0. The Kier molecular flexibility index (Phi) is 5.73. The summed E-state index contributed by atoms with van der Waals surface area (Å²) in [6.45, 7) is 4.49. The van der Waals surface area contributed by atoms with Crippen LogP contribution in [0.2, 0.25) is 0 Å². The van der Waals surface area contributed by atoms with Crippen molar-refractivity contribution in [2.75, 3.05) is 37.5 Å². The zero-order valence-corrected chi connectivity index (χ0v) is 16.6. The van der Waals surface area contributed by atoms with Crippen molar-refractivity contribution in [1.82, 2.24) is 4.90 Å². The molecular weight excluding hydrogens is 358 g/mol. The van der Waals surface area contributed by atoms with Gasteiger partial charge in [0.25, 0.3) is 0 Å². The molecule has 148 valence electrons. The highest BCUT2D eigenvalue weighted by molar-refractivity contribution is 6.02. The number of rotatable bonds is 4. The van der Waals surface area contributed by atoms with Crippen LogP contribution in [0.4, 0.5) is 16.2 Å². The Morgan fingerprint density at radius 2 is 1.79 bits per heavy atom. The monoisotopic (exact) mass is 383 g/mol. The molecule has 7 nitrogen and oxygen atoms in total. The standard InChI is InChI=1S/C21H25N3O4/c1-14-5-7-16(8-6-14)22-21(26)23-11-12-24(20(25)15(23)2)18-13-17(27-3)9-10-19(18)28-4/h5-10,13,15H,11-12H2,1-4H3,(H,22,26)/t15-/m0/s1. The maximum Gasteiger partial charge on any atom is 0.322 e. The van der Waals surface area contributed by atoms with Crippen molar-refractivity contribution < 1.29 is 19.1 Å². The number of aryl methyl sites for hydroxylation is 1. The van der Waals surface area contributed by atoms with Crippen molar-refractivity contribution in [1.29, 1.82) is 0 Å². The van der Waals surface area contributed by atoms with Crippen LogP contribution in [-0.4, -0.2) is 50.2 Å². The van der Waals surface area contributed by atoms with E-state index in [1.54, 1.807) is 49.1 Å². The second-order valence-electron chi connectivity index (χ2n) is 6.69. The van der Waals surface area contributed by atoms with Crippen LogP contribution in [0.3, 0.4) is 0 Å². The van der Waals surface area contributed by atoms with Crippen molar-refractivity contribution in [3.8, 4) is 11.5 Å². The molecule has 0 aromatic heterocycles. The van der Waals surface area contributed by atoms with Crippen LogP contribution in [0.5, 0.6) is 11.5 Å². The van der Waals surface area contributed by atoms with Gasteiger partial charge in [0.15, 0.2) is 0 Å². The molecular formula is C21H25N3O4. The van der Waals surface area contributed by atoms with Gasteiger partial charge < -0.3 is 24.6 Å². The van der Waals surface area contributed by atoms with Gasteiger partial charge in [0.1, 0.15) is 17.5 Å². The number of anilines is 2. The van der Waals surface area contributed by atoms with E-state index in [0.29, 0.717) is 36.0 Å². The maximum atomic E-state index is 13.0. The third-order valence-corrected chi connectivity index (χ3v) is 4.90. The van der Waals surface area contributed by atoms with Gasteiger partial charge in [-0.05, 0) is 38.1 Å². The van der Waals surface area contributed by atoms with Gasteiger partial charge in [-0.15, -0.1) is 0 Å². The van der Waals surface area contributed by atoms with Crippen molar-refractivity contribution in [3.05, 3.63) is 48.0 Å². The van der Waals surface area contributed by atoms with Gasteiger partial charge in [0.2, 0.25) is 5.91 Å². The number of ether oxygens (including phenoxy) is 2. The first-order valence-corrected chi connectivity index (χ1v) is 9.12. The van der Waals surface area contributed by atoms with Crippen LogP contribution in [0.1, 0.15) is 12.5 Å². The first kappa shape index (κ1) is 19.5. The molecule has 1 fully saturated rings. The van der Waals surface area contributed by atoms with Crippen LogP contribution >= 0.6 is 0 Å². The minimum atomic E-state index is -0.602. The zero-order valence-electron chi connectivity index (χ0n) is 16.6. The first-order chi connectivity index (χ1) is 13.4. The zero-order chi connectivity index (χ0) is 20.3. The highest BCUT2D eigenvalue weighted by Crippen LogP contribution is 2.34. The molecule has 1 saturated heterocycles. The van der Waals surface area contributed by atoms with Gasteiger partial charge in [-0.1, -0.05) is 17.7 Å². The minimum absolute atomic E-state index is 0.170. The van der Waals surface area contributed by atoms with E-state index >= 15 is 0 Å². The first-order valence-electron chi connectivity index (χ1n) is 9.12. The molecule has 1 atom stereocenters. The van der Waals surface area contributed by atoms with E-state index in [2.05, 4.69) is 5.32 Å². The van der Waals surface area contributed by atoms with E-state index in [9.17, 15) is 9.59 Å². The third kappa shape index (κ3) is 3.88. The van der Waals surface area contributed by atoms with Gasteiger partial charge in [-0.3, -0.25) is 4.79 Å². The lowest BCUT2D eigenvalue weighted by Crippen LogP contribution is -2.58. The molecule has 1 aliphatic heterocycles. The molecule has 7 heteroatoms. The smallest absolute Gasteiger partial charge is 0.322 e. The number of nitrogens with one attached hydrogen (secondary N) is 1. The van der Waals surface area contributed by atoms with Gasteiger partial charge in [-0.2, -0.15) is 0 Å². The number of piperazine rings is 1. The average Bonchev–Trinajstić information content (AvgIpc) is 2.71. The molecule has 3 amide bonds. The van der Waals surface area contributed by atoms with Crippen molar-refractivity contribution in [3.63, 3.8) is 0 Å². The number of amides is 3. The molecule has 1 heterocycles. The SMILES string of the molecule is COc1ccc(OC)c(N2CCN(C(=O)Nc3ccc(C)cc3)[C@@H](C)C2=O)c1. The lowest BCUT2D eigenvalue weighted by atomic mass is 10.1. The number of benzene rings is 2. The molecule has 3 rings (SSSR count). The van der Waals surface area contributed by atoms with Crippen LogP contribution in [0.15, 0.2) is 42.5 Å². The lowest BCUT2D eigenvalue weighted by molar-refractivity contribution is -0.123. The lowest BCUT2D eigenvalue weighted by Gasteiger charge is -2.39. The number of carbonyl (C=O) groups excluding carboxylic acids is 2. The molecule has 0 spiro atoms. The molecule has 2 aromatic rings. The summed E-state index contributed by atoms with van der Waals surface area (Å²) in [6.07, 6.45) is 0. The van der Waals surface area contributed by atoms with Crippen molar-refractivity contribution in [2.24, 2.45) is 0 Å². The summed E-state index contributed by atoms with van der Waals surface area (Å²) in [5, 5.41) is 2.86. The Labute approximate surface area is 164 Å². The summed E-state index contributed by atoms with van der Waals surface area (Å²) in [4.78, 5) is 28.9.